The van der Waals surface area contributed by atoms with Crippen LogP contribution in [-0.2, 0) is 14.6 Å². The number of benzene rings is 1. The molecule has 98 valence electrons. The average Bonchev–Trinajstić information content (AvgIpc) is 2.25. The van der Waals surface area contributed by atoms with E-state index in [4.69, 9.17) is 0 Å². The van der Waals surface area contributed by atoms with Crippen LogP contribution in [0.25, 0.3) is 0 Å². The lowest BCUT2D eigenvalue weighted by Crippen LogP contribution is -2.42. The lowest BCUT2D eigenvalue weighted by molar-refractivity contribution is -0.115. The predicted octanol–water partition coefficient (Wildman–Crippen LogP) is 1.26. The number of nitrogens with one attached hydrogen (secondary N) is 1. The molecule has 0 saturated carbocycles. The summed E-state index contributed by atoms with van der Waals surface area (Å²) in [6.45, 7) is 4.18. The van der Waals surface area contributed by atoms with Gasteiger partial charge in [0.1, 0.15) is 0 Å². The van der Waals surface area contributed by atoms with Crippen molar-refractivity contribution >= 4 is 27.1 Å². The van der Waals surface area contributed by atoms with Crippen molar-refractivity contribution in [3.8, 4) is 0 Å². The van der Waals surface area contributed by atoms with E-state index in [9.17, 15) is 13.2 Å². The Morgan fingerprint density at radius 2 is 2.00 bits per heavy atom. The summed E-state index contributed by atoms with van der Waals surface area (Å²) >= 11 is 0. The molecule has 1 heterocycles. The van der Waals surface area contributed by atoms with Gasteiger partial charge in [-0.2, -0.15) is 0 Å². The van der Waals surface area contributed by atoms with Crippen LogP contribution < -0.4 is 10.2 Å². The minimum Gasteiger partial charge on any atom is -0.358 e. The van der Waals surface area contributed by atoms with Gasteiger partial charge in [-0.15, -0.1) is 0 Å². The fraction of sp³-hybridized carbons (Fsp3) is 0.417. The first-order valence-electron chi connectivity index (χ1n) is 5.70. The molecule has 0 atom stereocenters. The monoisotopic (exact) mass is 268 g/mol. The smallest absolute Gasteiger partial charge is 0.243 e. The van der Waals surface area contributed by atoms with Gasteiger partial charge in [0.15, 0.2) is 9.84 Å². The Bertz CT molecular complexity index is 593. The zero-order valence-electron chi connectivity index (χ0n) is 10.6. The maximum absolute atomic E-state index is 11.7. The lowest BCUT2D eigenvalue weighted by Gasteiger charge is -2.34. The zero-order valence-corrected chi connectivity index (χ0v) is 11.4. The highest BCUT2D eigenvalue weighted by Gasteiger charge is 2.28. The van der Waals surface area contributed by atoms with Gasteiger partial charge in [-0.25, -0.2) is 8.42 Å². The number of para-hydroxylation sites is 1. The van der Waals surface area contributed by atoms with E-state index in [1.54, 1.807) is 6.07 Å². The van der Waals surface area contributed by atoms with E-state index in [1.165, 1.54) is 6.07 Å². The molecule has 0 unspecified atom stereocenters. The van der Waals surface area contributed by atoms with Crippen molar-refractivity contribution in [2.45, 2.75) is 24.8 Å². The normalized spacial score (nSPS) is 15.6. The van der Waals surface area contributed by atoms with Crippen LogP contribution in [0.2, 0.25) is 0 Å². The minimum absolute atomic E-state index is 0.129. The first kappa shape index (κ1) is 12.9. The molecule has 6 heteroatoms. The number of sulfone groups is 1. The highest BCUT2D eigenvalue weighted by atomic mass is 32.2. The van der Waals surface area contributed by atoms with Crippen LogP contribution in [0.5, 0.6) is 0 Å². The average molecular weight is 268 g/mol. The molecule has 1 aliphatic heterocycles. The molecular weight excluding hydrogens is 252 g/mol. The summed E-state index contributed by atoms with van der Waals surface area (Å²) in [5, 5.41) is 2.66. The Hall–Kier alpha value is -1.56. The lowest BCUT2D eigenvalue weighted by atomic mass is 10.1. The van der Waals surface area contributed by atoms with E-state index in [0.29, 0.717) is 5.69 Å². The molecule has 0 saturated heterocycles. The Labute approximate surface area is 107 Å². The van der Waals surface area contributed by atoms with Gasteiger partial charge in [0, 0.05) is 12.3 Å². The second-order valence-corrected chi connectivity index (χ2v) is 6.68. The van der Waals surface area contributed by atoms with Crippen LogP contribution >= 0.6 is 0 Å². The summed E-state index contributed by atoms with van der Waals surface area (Å²) in [5.74, 6) is -0.188. The molecule has 0 bridgehead atoms. The summed E-state index contributed by atoms with van der Waals surface area (Å²) in [7, 11) is -3.36. The SMILES string of the molecule is CC(C)N1CC(=O)Nc2c1cccc2S(C)(=O)=O. The van der Waals surface area contributed by atoms with Gasteiger partial charge in [0.25, 0.3) is 0 Å². The minimum atomic E-state index is -3.36. The number of hydrogen-bond donors (Lipinski definition) is 1. The first-order chi connectivity index (χ1) is 8.30. The van der Waals surface area contributed by atoms with Crippen molar-refractivity contribution in [1.82, 2.24) is 0 Å². The Morgan fingerprint density at radius 3 is 2.56 bits per heavy atom. The molecule has 0 aromatic heterocycles. The second kappa shape index (κ2) is 4.28. The van der Waals surface area contributed by atoms with E-state index in [0.717, 1.165) is 11.9 Å². The van der Waals surface area contributed by atoms with Crippen LogP contribution in [0, 0.1) is 0 Å². The zero-order chi connectivity index (χ0) is 13.5. The highest BCUT2D eigenvalue weighted by Crippen LogP contribution is 2.35. The van der Waals surface area contributed by atoms with Gasteiger partial charge < -0.3 is 10.2 Å². The third-order valence-corrected chi connectivity index (χ3v) is 4.05. The summed E-state index contributed by atoms with van der Waals surface area (Å²) < 4.78 is 23.4. The maximum atomic E-state index is 11.7. The van der Waals surface area contributed by atoms with E-state index < -0.39 is 9.84 Å². The van der Waals surface area contributed by atoms with Crippen molar-refractivity contribution < 1.29 is 13.2 Å². The standard InChI is InChI=1S/C12H16N2O3S/c1-8(2)14-7-11(15)13-12-9(14)5-4-6-10(12)18(3,16)17/h4-6,8H,7H2,1-3H3,(H,13,15). The summed E-state index contributed by atoms with van der Waals surface area (Å²) in [6.07, 6.45) is 1.14. The molecule has 0 spiro atoms. The number of rotatable bonds is 2. The molecule has 18 heavy (non-hydrogen) atoms. The van der Waals surface area contributed by atoms with E-state index >= 15 is 0 Å². The largest absolute Gasteiger partial charge is 0.358 e. The summed E-state index contributed by atoms with van der Waals surface area (Å²) in [6, 6.07) is 5.16. The number of carbonyl (C=O) groups excluding carboxylic acids is 1. The number of carbonyl (C=O) groups is 1. The summed E-state index contributed by atoms with van der Waals surface area (Å²) in [4.78, 5) is 13.7. The quantitative estimate of drug-likeness (QED) is 0.877. The van der Waals surface area contributed by atoms with Crippen LogP contribution in [0.15, 0.2) is 23.1 Å². The van der Waals surface area contributed by atoms with Crippen LogP contribution in [0.4, 0.5) is 11.4 Å². The van der Waals surface area contributed by atoms with Gasteiger partial charge >= 0.3 is 0 Å². The van der Waals surface area contributed by atoms with Crippen molar-refractivity contribution in [1.29, 1.82) is 0 Å². The molecule has 2 rings (SSSR count). The number of amides is 1. The predicted molar refractivity (Wildman–Crippen MR) is 70.7 cm³/mol. The molecule has 0 radical (unpaired) electrons. The van der Waals surface area contributed by atoms with Gasteiger partial charge in [0.2, 0.25) is 5.91 Å². The number of anilines is 2. The molecule has 1 N–H and O–H groups in total. The number of hydrogen-bond acceptors (Lipinski definition) is 4. The fourth-order valence-corrected chi connectivity index (χ4v) is 2.93. The van der Waals surface area contributed by atoms with Gasteiger partial charge in [-0.3, -0.25) is 4.79 Å². The van der Waals surface area contributed by atoms with Crippen molar-refractivity contribution in [3.05, 3.63) is 18.2 Å². The van der Waals surface area contributed by atoms with Crippen LogP contribution in [-0.4, -0.2) is 33.2 Å². The molecule has 1 amide bonds. The van der Waals surface area contributed by atoms with Gasteiger partial charge in [0.05, 0.1) is 22.8 Å². The maximum Gasteiger partial charge on any atom is 0.243 e. The van der Waals surface area contributed by atoms with Gasteiger partial charge in [-0.05, 0) is 26.0 Å². The van der Waals surface area contributed by atoms with Crippen molar-refractivity contribution in [3.63, 3.8) is 0 Å². The molecule has 1 aromatic rings. The second-order valence-electron chi connectivity index (χ2n) is 4.69. The van der Waals surface area contributed by atoms with Crippen molar-refractivity contribution in [2.24, 2.45) is 0 Å². The Kier molecular flexibility index (Phi) is 3.06. The molecular formula is C12H16N2O3S. The fourth-order valence-electron chi connectivity index (χ4n) is 2.07. The van der Waals surface area contributed by atoms with Crippen LogP contribution in [0.1, 0.15) is 13.8 Å². The van der Waals surface area contributed by atoms with Gasteiger partial charge in [-0.1, -0.05) is 6.07 Å². The third-order valence-electron chi connectivity index (χ3n) is 2.91. The molecule has 1 aliphatic rings. The number of fused-ring (bicyclic) bond motifs is 1. The topological polar surface area (TPSA) is 66.5 Å². The third kappa shape index (κ3) is 2.20. The van der Waals surface area contributed by atoms with Crippen LogP contribution in [0.3, 0.4) is 0 Å². The molecule has 1 aromatic carbocycles. The van der Waals surface area contributed by atoms with E-state index in [-0.39, 0.29) is 23.4 Å². The van der Waals surface area contributed by atoms with E-state index in [1.807, 2.05) is 24.8 Å². The Morgan fingerprint density at radius 1 is 1.33 bits per heavy atom. The highest BCUT2D eigenvalue weighted by molar-refractivity contribution is 7.90. The first-order valence-corrected chi connectivity index (χ1v) is 7.59. The van der Waals surface area contributed by atoms with E-state index in [2.05, 4.69) is 5.32 Å². The molecule has 0 aliphatic carbocycles. The summed E-state index contributed by atoms with van der Waals surface area (Å²) in [5.41, 5.74) is 1.15. The molecule has 0 fully saturated rings. The molecule has 5 nitrogen and oxygen atoms in total. The Balaban J connectivity index is 2.66. The van der Waals surface area contributed by atoms with Crippen molar-refractivity contribution in [2.75, 3.05) is 23.0 Å². The number of nitrogens with zero attached hydrogens (tertiary/aromatic N) is 1.